The van der Waals surface area contributed by atoms with E-state index in [0.717, 1.165) is 27.9 Å². The molecule has 3 nitrogen and oxygen atoms in total. The molecule has 110 valence electrons. The van der Waals surface area contributed by atoms with E-state index in [2.05, 4.69) is 36.1 Å². The lowest BCUT2D eigenvalue weighted by Gasteiger charge is -2.27. The summed E-state index contributed by atoms with van der Waals surface area (Å²) in [6, 6.07) is 6.02. The second-order valence-electron chi connectivity index (χ2n) is 5.24. The van der Waals surface area contributed by atoms with Crippen LogP contribution >= 0.6 is 22.6 Å². The molecule has 1 fully saturated rings. The third kappa shape index (κ3) is 4.30. The van der Waals surface area contributed by atoms with Gasteiger partial charge in [-0.2, -0.15) is 0 Å². The van der Waals surface area contributed by atoms with Crippen LogP contribution in [0.15, 0.2) is 31.0 Å². The summed E-state index contributed by atoms with van der Waals surface area (Å²) in [5.41, 5.74) is -0.0554. The molecule has 0 heterocycles. The van der Waals surface area contributed by atoms with Crippen molar-refractivity contribution in [3.05, 3.63) is 34.6 Å². The highest BCUT2D eigenvalue weighted by molar-refractivity contribution is 14.1. The average Bonchev–Trinajstić information content (AvgIpc) is 2.83. The molecule has 0 saturated heterocycles. The number of ether oxygens (including phenoxy) is 3. The van der Waals surface area contributed by atoms with E-state index in [-0.39, 0.29) is 5.60 Å². The van der Waals surface area contributed by atoms with E-state index in [1.807, 2.05) is 18.2 Å². The molecule has 2 rings (SSSR count). The normalized spacial score (nSPS) is 16.7. The number of hydrogen-bond acceptors (Lipinski definition) is 3. The molecule has 0 atom stereocenters. The zero-order valence-electron chi connectivity index (χ0n) is 11.9. The van der Waals surface area contributed by atoms with Crippen molar-refractivity contribution in [2.24, 2.45) is 0 Å². The number of hydrogen-bond donors (Lipinski definition) is 0. The van der Waals surface area contributed by atoms with E-state index < -0.39 is 0 Å². The second kappa shape index (κ2) is 7.20. The molecule has 0 spiro atoms. The van der Waals surface area contributed by atoms with Gasteiger partial charge in [-0.3, -0.25) is 0 Å². The minimum absolute atomic E-state index is 0.0554. The van der Waals surface area contributed by atoms with Crippen LogP contribution in [0.1, 0.15) is 32.6 Å². The van der Waals surface area contributed by atoms with Crippen LogP contribution in [0.2, 0.25) is 0 Å². The van der Waals surface area contributed by atoms with Gasteiger partial charge >= 0.3 is 0 Å². The van der Waals surface area contributed by atoms with Crippen LogP contribution in [-0.2, 0) is 4.74 Å². The summed E-state index contributed by atoms with van der Waals surface area (Å²) in [6.45, 7) is 6.67. The molecule has 1 aliphatic rings. The summed E-state index contributed by atoms with van der Waals surface area (Å²) in [5.74, 6) is 1.62. The molecule has 20 heavy (non-hydrogen) atoms. The average molecular weight is 388 g/mol. The van der Waals surface area contributed by atoms with E-state index in [1.165, 1.54) is 19.1 Å². The maximum absolute atomic E-state index is 6.24. The van der Waals surface area contributed by atoms with Gasteiger partial charge in [0, 0.05) is 3.57 Å². The third-order valence-electron chi connectivity index (χ3n) is 3.50. The molecule has 0 unspecified atom stereocenters. The van der Waals surface area contributed by atoms with Crippen molar-refractivity contribution in [1.82, 2.24) is 0 Å². The first-order chi connectivity index (χ1) is 9.63. The molecule has 0 N–H and O–H groups in total. The minimum atomic E-state index is -0.0554. The molecule has 0 amide bonds. The van der Waals surface area contributed by atoms with E-state index in [9.17, 15) is 0 Å². The molecule has 1 aromatic carbocycles. The highest BCUT2D eigenvalue weighted by Gasteiger charge is 2.31. The predicted octanol–water partition coefficient (Wildman–Crippen LogP) is 4.54. The van der Waals surface area contributed by atoms with Crippen LogP contribution in [-0.4, -0.2) is 18.8 Å². The van der Waals surface area contributed by atoms with E-state index in [1.54, 1.807) is 0 Å². The number of halogens is 1. The van der Waals surface area contributed by atoms with Crippen molar-refractivity contribution in [1.29, 1.82) is 0 Å². The van der Waals surface area contributed by atoms with Gasteiger partial charge in [0.2, 0.25) is 0 Å². The molecule has 1 saturated carbocycles. The van der Waals surface area contributed by atoms with Gasteiger partial charge in [-0.05, 0) is 73.4 Å². The first-order valence-electron chi connectivity index (χ1n) is 6.97. The first kappa shape index (κ1) is 15.5. The molecule has 1 aromatic rings. The van der Waals surface area contributed by atoms with Gasteiger partial charge in [0.05, 0.1) is 6.26 Å². The van der Waals surface area contributed by atoms with Crippen molar-refractivity contribution in [3.63, 3.8) is 0 Å². The van der Waals surface area contributed by atoms with Crippen LogP contribution in [0, 0.1) is 3.57 Å². The Morgan fingerprint density at radius 2 is 2.00 bits per heavy atom. The van der Waals surface area contributed by atoms with Crippen molar-refractivity contribution in [3.8, 4) is 11.5 Å². The Hall–Kier alpha value is -0.910. The molecule has 4 heteroatoms. The largest absolute Gasteiger partial charge is 0.498 e. The van der Waals surface area contributed by atoms with Crippen LogP contribution in [0.25, 0.3) is 0 Å². The topological polar surface area (TPSA) is 27.7 Å². The summed E-state index contributed by atoms with van der Waals surface area (Å²) < 4.78 is 18.2. The maximum atomic E-state index is 6.24. The van der Waals surface area contributed by atoms with Gasteiger partial charge in [0.25, 0.3) is 0 Å². The number of benzene rings is 1. The summed E-state index contributed by atoms with van der Waals surface area (Å²) in [6.07, 6.45) is 6.12. The lowest BCUT2D eigenvalue weighted by molar-refractivity contribution is 0.0891. The molecular formula is C16H21IO3. The SMILES string of the molecule is C=COCCOc1ccc(I)cc1OC1(C)CCCC1. The third-order valence-corrected chi connectivity index (χ3v) is 4.17. The lowest BCUT2D eigenvalue weighted by atomic mass is 10.1. The minimum Gasteiger partial charge on any atom is -0.498 e. The Kier molecular flexibility index (Phi) is 5.57. The summed E-state index contributed by atoms with van der Waals surface area (Å²) in [5, 5.41) is 0. The fourth-order valence-corrected chi connectivity index (χ4v) is 2.92. The van der Waals surface area contributed by atoms with Crippen LogP contribution in [0.4, 0.5) is 0 Å². The first-order valence-corrected chi connectivity index (χ1v) is 8.05. The molecular weight excluding hydrogens is 367 g/mol. The zero-order chi connectivity index (χ0) is 14.4. The van der Waals surface area contributed by atoms with E-state index >= 15 is 0 Å². The van der Waals surface area contributed by atoms with Gasteiger partial charge in [0.15, 0.2) is 11.5 Å². The highest BCUT2D eigenvalue weighted by Crippen LogP contribution is 2.38. The molecule has 0 aromatic heterocycles. The van der Waals surface area contributed by atoms with Crippen molar-refractivity contribution in [2.45, 2.75) is 38.2 Å². The molecule has 0 bridgehead atoms. The highest BCUT2D eigenvalue weighted by atomic mass is 127. The Balaban J connectivity index is 2.05. The van der Waals surface area contributed by atoms with Crippen LogP contribution in [0.5, 0.6) is 11.5 Å². The predicted molar refractivity (Wildman–Crippen MR) is 88.3 cm³/mol. The Morgan fingerprint density at radius 3 is 2.70 bits per heavy atom. The quantitative estimate of drug-likeness (QED) is 0.390. The Labute approximate surface area is 134 Å². The zero-order valence-corrected chi connectivity index (χ0v) is 14.0. The standard InChI is InChI=1S/C16H21IO3/c1-3-18-10-11-19-14-7-6-13(17)12-15(14)20-16(2)8-4-5-9-16/h3,6-7,12H,1,4-5,8-11H2,2H3. The Morgan fingerprint density at radius 1 is 1.25 bits per heavy atom. The van der Waals surface area contributed by atoms with Crippen LogP contribution in [0.3, 0.4) is 0 Å². The summed E-state index contributed by atoms with van der Waals surface area (Å²) >= 11 is 2.29. The summed E-state index contributed by atoms with van der Waals surface area (Å²) in [7, 11) is 0. The van der Waals surface area contributed by atoms with Crippen molar-refractivity contribution in [2.75, 3.05) is 13.2 Å². The van der Waals surface area contributed by atoms with Crippen molar-refractivity contribution >= 4 is 22.6 Å². The molecule has 1 aliphatic carbocycles. The van der Waals surface area contributed by atoms with Crippen molar-refractivity contribution < 1.29 is 14.2 Å². The maximum Gasteiger partial charge on any atom is 0.163 e. The lowest BCUT2D eigenvalue weighted by Crippen LogP contribution is -2.28. The fraction of sp³-hybridized carbons (Fsp3) is 0.500. The monoisotopic (exact) mass is 388 g/mol. The van der Waals surface area contributed by atoms with E-state index in [4.69, 9.17) is 14.2 Å². The van der Waals surface area contributed by atoms with E-state index in [0.29, 0.717) is 13.2 Å². The van der Waals surface area contributed by atoms with Gasteiger partial charge in [-0.1, -0.05) is 6.58 Å². The van der Waals surface area contributed by atoms with Gasteiger partial charge in [-0.15, -0.1) is 0 Å². The molecule has 0 aliphatic heterocycles. The van der Waals surface area contributed by atoms with Gasteiger partial charge in [-0.25, -0.2) is 0 Å². The second-order valence-corrected chi connectivity index (χ2v) is 6.48. The fourth-order valence-electron chi connectivity index (χ4n) is 2.45. The van der Waals surface area contributed by atoms with Gasteiger partial charge < -0.3 is 14.2 Å². The van der Waals surface area contributed by atoms with Gasteiger partial charge in [0.1, 0.15) is 18.8 Å². The Bertz CT molecular complexity index is 453. The van der Waals surface area contributed by atoms with Crippen LogP contribution < -0.4 is 9.47 Å². The number of rotatable bonds is 7. The summed E-state index contributed by atoms with van der Waals surface area (Å²) in [4.78, 5) is 0. The molecule has 0 radical (unpaired) electrons. The smallest absolute Gasteiger partial charge is 0.163 e.